The SMILES string of the molecule is C=CCOC(=O)NCCc1cc(OC)c(C(=O)O)cc1OC. The standard InChI is InChI=1S/C15H19NO6/c1-4-7-22-15(19)16-6-5-10-8-13(21-3)11(14(17)18)9-12(10)20-2/h4,8-9H,1,5-7H2,2-3H3,(H,16,19)(H,17,18). The Kier molecular flexibility index (Phi) is 6.75. The summed E-state index contributed by atoms with van der Waals surface area (Å²) in [6, 6.07) is 2.98. The quantitative estimate of drug-likeness (QED) is 0.712. The molecule has 0 saturated heterocycles. The maximum absolute atomic E-state index is 11.3. The second-order valence-electron chi connectivity index (χ2n) is 4.23. The monoisotopic (exact) mass is 309 g/mol. The minimum Gasteiger partial charge on any atom is -0.496 e. The van der Waals surface area contributed by atoms with Crippen LogP contribution in [0, 0.1) is 0 Å². The summed E-state index contributed by atoms with van der Waals surface area (Å²) < 4.78 is 15.0. The summed E-state index contributed by atoms with van der Waals surface area (Å²) in [5.74, 6) is -0.454. The molecule has 0 bridgehead atoms. The van der Waals surface area contributed by atoms with Gasteiger partial charge < -0.3 is 24.6 Å². The largest absolute Gasteiger partial charge is 0.496 e. The lowest BCUT2D eigenvalue weighted by molar-refractivity contribution is 0.0693. The van der Waals surface area contributed by atoms with E-state index in [9.17, 15) is 9.59 Å². The first kappa shape index (κ1) is 17.4. The van der Waals surface area contributed by atoms with Gasteiger partial charge in [-0.2, -0.15) is 0 Å². The van der Waals surface area contributed by atoms with Gasteiger partial charge in [0.05, 0.1) is 14.2 Å². The number of alkyl carbamates (subject to hydrolysis) is 1. The van der Waals surface area contributed by atoms with E-state index in [0.717, 1.165) is 0 Å². The molecule has 1 aromatic carbocycles. The number of carboxylic acids is 1. The van der Waals surface area contributed by atoms with E-state index in [-0.39, 0.29) is 17.9 Å². The van der Waals surface area contributed by atoms with Crippen LogP contribution in [0.4, 0.5) is 4.79 Å². The normalized spacial score (nSPS) is 9.73. The summed E-state index contributed by atoms with van der Waals surface area (Å²) in [6.45, 7) is 3.88. The zero-order valence-electron chi connectivity index (χ0n) is 12.5. The number of hydrogen-bond donors (Lipinski definition) is 2. The molecule has 0 aliphatic rings. The summed E-state index contributed by atoms with van der Waals surface area (Å²) in [7, 11) is 2.84. The van der Waals surface area contributed by atoms with Gasteiger partial charge in [-0.15, -0.1) is 0 Å². The van der Waals surface area contributed by atoms with Crippen molar-refractivity contribution in [3.8, 4) is 11.5 Å². The predicted molar refractivity (Wildman–Crippen MR) is 79.8 cm³/mol. The molecule has 0 saturated carbocycles. The molecule has 0 heterocycles. The van der Waals surface area contributed by atoms with E-state index in [0.29, 0.717) is 24.3 Å². The number of carbonyl (C=O) groups is 2. The molecule has 1 aromatic rings. The molecule has 0 aromatic heterocycles. The average molecular weight is 309 g/mol. The highest BCUT2D eigenvalue weighted by Crippen LogP contribution is 2.29. The van der Waals surface area contributed by atoms with Gasteiger partial charge in [0.15, 0.2) is 0 Å². The Morgan fingerprint density at radius 3 is 2.50 bits per heavy atom. The third-order valence-electron chi connectivity index (χ3n) is 2.83. The Morgan fingerprint density at radius 2 is 1.95 bits per heavy atom. The number of carbonyl (C=O) groups excluding carboxylic acids is 1. The van der Waals surface area contributed by atoms with E-state index in [1.807, 2.05) is 0 Å². The maximum atomic E-state index is 11.3. The Morgan fingerprint density at radius 1 is 1.27 bits per heavy atom. The number of carboxylic acid groups (broad SMARTS) is 1. The first-order chi connectivity index (χ1) is 10.5. The zero-order chi connectivity index (χ0) is 16.5. The van der Waals surface area contributed by atoms with E-state index >= 15 is 0 Å². The fourth-order valence-electron chi connectivity index (χ4n) is 1.81. The third kappa shape index (κ3) is 4.69. The summed E-state index contributed by atoms with van der Waals surface area (Å²) in [6.07, 6.45) is 1.36. The number of nitrogens with one attached hydrogen (secondary N) is 1. The van der Waals surface area contributed by atoms with Gasteiger partial charge in [0.25, 0.3) is 0 Å². The minimum atomic E-state index is -1.10. The third-order valence-corrected chi connectivity index (χ3v) is 2.83. The second-order valence-corrected chi connectivity index (χ2v) is 4.23. The second kappa shape index (κ2) is 8.56. The van der Waals surface area contributed by atoms with E-state index in [2.05, 4.69) is 11.9 Å². The predicted octanol–water partition coefficient (Wildman–Crippen LogP) is 1.86. The van der Waals surface area contributed by atoms with Gasteiger partial charge in [0.1, 0.15) is 23.7 Å². The van der Waals surface area contributed by atoms with E-state index in [4.69, 9.17) is 19.3 Å². The van der Waals surface area contributed by atoms with Crippen molar-refractivity contribution in [3.05, 3.63) is 35.9 Å². The van der Waals surface area contributed by atoms with Crippen molar-refractivity contribution in [3.63, 3.8) is 0 Å². The van der Waals surface area contributed by atoms with Crippen LogP contribution in [0.2, 0.25) is 0 Å². The molecule has 7 nitrogen and oxygen atoms in total. The fourth-order valence-corrected chi connectivity index (χ4v) is 1.81. The van der Waals surface area contributed by atoms with Crippen molar-refractivity contribution in [2.45, 2.75) is 6.42 Å². The maximum Gasteiger partial charge on any atom is 0.407 e. The van der Waals surface area contributed by atoms with Crippen molar-refractivity contribution in [2.75, 3.05) is 27.4 Å². The highest BCUT2D eigenvalue weighted by Gasteiger charge is 2.16. The zero-order valence-corrected chi connectivity index (χ0v) is 12.5. The summed E-state index contributed by atoms with van der Waals surface area (Å²) >= 11 is 0. The molecule has 1 amide bonds. The van der Waals surface area contributed by atoms with E-state index < -0.39 is 12.1 Å². The Labute approximate surface area is 128 Å². The van der Waals surface area contributed by atoms with E-state index in [1.54, 1.807) is 6.07 Å². The smallest absolute Gasteiger partial charge is 0.407 e. The molecule has 1 rings (SSSR count). The van der Waals surface area contributed by atoms with Crippen molar-refractivity contribution >= 4 is 12.1 Å². The molecular weight excluding hydrogens is 290 g/mol. The summed E-state index contributed by atoms with van der Waals surface area (Å²) in [5.41, 5.74) is 0.731. The summed E-state index contributed by atoms with van der Waals surface area (Å²) in [4.78, 5) is 22.4. The number of ether oxygens (including phenoxy) is 3. The van der Waals surface area contributed by atoms with Crippen LogP contribution in [0.5, 0.6) is 11.5 Å². The average Bonchev–Trinajstić information content (AvgIpc) is 2.51. The molecule has 0 atom stereocenters. The van der Waals surface area contributed by atoms with Crippen LogP contribution in [0.25, 0.3) is 0 Å². The summed E-state index contributed by atoms with van der Waals surface area (Å²) in [5, 5.41) is 11.7. The number of methoxy groups -OCH3 is 2. The topological polar surface area (TPSA) is 94.1 Å². The Bertz CT molecular complexity index is 555. The lowest BCUT2D eigenvalue weighted by Crippen LogP contribution is -2.26. The van der Waals surface area contributed by atoms with Gasteiger partial charge in [-0.1, -0.05) is 12.7 Å². The number of amides is 1. The molecule has 120 valence electrons. The van der Waals surface area contributed by atoms with Crippen LogP contribution >= 0.6 is 0 Å². The van der Waals surface area contributed by atoms with Crippen LogP contribution in [0.3, 0.4) is 0 Å². The highest BCUT2D eigenvalue weighted by atomic mass is 16.5. The molecule has 0 aliphatic carbocycles. The van der Waals surface area contributed by atoms with Crippen LogP contribution in [0.15, 0.2) is 24.8 Å². The Hall–Kier alpha value is -2.70. The molecule has 0 radical (unpaired) electrons. The number of hydrogen-bond acceptors (Lipinski definition) is 5. The molecule has 0 fully saturated rings. The van der Waals surface area contributed by atoms with Crippen LogP contribution < -0.4 is 14.8 Å². The number of aromatic carboxylic acids is 1. The van der Waals surface area contributed by atoms with E-state index in [1.165, 1.54) is 26.4 Å². The van der Waals surface area contributed by atoms with Crippen molar-refractivity contribution < 1.29 is 28.9 Å². The van der Waals surface area contributed by atoms with Crippen molar-refractivity contribution in [1.82, 2.24) is 5.32 Å². The van der Waals surface area contributed by atoms with Gasteiger partial charge in [-0.05, 0) is 24.1 Å². The fraction of sp³-hybridized carbons (Fsp3) is 0.333. The van der Waals surface area contributed by atoms with Crippen LogP contribution in [-0.2, 0) is 11.2 Å². The van der Waals surface area contributed by atoms with Gasteiger partial charge in [-0.25, -0.2) is 9.59 Å². The molecule has 2 N–H and O–H groups in total. The van der Waals surface area contributed by atoms with Gasteiger partial charge >= 0.3 is 12.1 Å². The first-order valence-electron chi connectivity index (χ1n) is 6.53. The first-order valence-corrected chi connectivity index (χ1v) is 6.53. The van der Waals surface area contributed by atoms with Crippen LogP contribution in [-0.4, -0.2) is 44.5 Å². The Balaban J connectivity index is 2.79. The highest BCUT2D eigenvalue weighted by molar-refractivity contribution is 5.91. The molecule has 0 spiro atoms. The lowest BCUT2D eigenvalue weighted by Gasteiger charge is -2.13. The van der Waals surface area contributed by atoms with Crippen molar-refractivity contribution in [1.29, 1.82) is 0 Å². The van der Waals surface area contributed by atoms with Gasteiger partial charge in [0, 0.05) is 6.54 Å². The van der Waals surface area contributed by atoms with Crippen LogP contribution in [0.1, 0.15) is 15.9 Å². The van der Waals surface area contributed by atoms with Gasteiger partial charge in [-0.3, -0.25) is 0 Å². The molecule has 7 heteroatoms. The van der Waals surface area contributed by atoms with Gasteiger partial charge in [0.2, 0.25) is 0 Å². The lowest BCUT2D eigenvalue weighted by atomic mass is 10.1. The minimum absolute atomic E-state index is 0.0152. The van der Waals surface area contributed by atoms with Crippen molar-refractivity contribution in [2.24, 2.45) is 0 Å². The number of benzene rings is 1. The molecule has 22 heavy (non-hydrogen) atoms. The molecule has 0 unspecified atom stereocenters. The molecular formula is C15H19NO6. The number of rotatable bonds is 8. The molecule has 0 aliphatic heterocycles.